The lowest BCUT2D eigenvalue weighted by Crippen LogP contribution is -2.43. The maximum atomic E-state index is 15.3. The van der Waals surface area contributed by atoms with Crippen LogP contribution in [0.2, 0.25) is 0 Å². The summed E-state index contributed by atoms with van der Waals surface area (Å²) in [5, 5.41) is 0. The maximum absolute atomic E-state index is 15.3. The molecule has 0 radical (unpaired) electrons. The lowest BCUT2D eigenvalue weighted by atomic mass is 10.1. The molecule has 0 aliphatic carbocycles. The van der Waals surface area contributed by atoms with E-state index >= 15 is 4.39 Å². The smallest absolute Gasteiger partial charge is 0.310 e. The van der Waals surface area contributed by atoms with E-state index in [1.54, 1.807) is 6.07 Å². The molecule has 33 heavy (non-hydrogen) atoms. The number of carbonyl (C=O) groups excluding carboxylic acids is 1. The van der Waals surface area contributed by atoms with Crippen molar-refractivity contribution in [2.45, 2.75) is 63.5 Å². The molecule has 3 aliphatic heterocycles. The summed E-state index contributed by atoms with van der Waals surface area (Å²) >= 11 is 1.95. The summed E-state index contributed by atoms with van der Waals surface area (Å²) in [5.74, 6) is 1.89. The quantitative estimate of drug-likeness (QED) is 0.389. The Morgan fingerprint density at radius 2 is 1.91 bits per heavy atom. The molecule has 2 unspecified atom stereocenters. The van der Waals surface area contributed by atoms with Crippen LogP contribution in [-0.4, -0.2) is 48.4 Å². The number of thioether (sulfide) groups is 1. The van der Waals surface area contributed by atoms with Gasteiger partial charge >= 0.3 is 5.97 Å². The van der Waals surface area contributed by atoms with Crippen LogP contribution in [0.5, 0.6) is 5.75 Å². The summed E-state index contributed by atoms with van der Waals surface area (Å²) < 4.78 is 32.5. The van der Waals surface area contributed by atoms with Crippen molar-refractivity contribution in [1.82, 2.24) is 0 Å². The zero-order valence-electron chi connectivity index (χ0n) is 18.9. The molecule has 2 aromatic rings. The molecule has 5 nitrogen and oxygen atoms in total. The summed E-state index contributed by atoms with van der Waals surface area (Å²) in [4.78, 5) is 14.8. The monoisotopic (exact) mass is 471 g/mol. The topological polar surface area (TPSA) is 51.3 Å². The van der Waals surface area contributed by atoms with E-state index in [1.807, 2.05) is 42.1 Å². The highest BCUT2D eigenvalue weighted by atomic mass is 32.2. The van der Waals surface area contributed by atoms with E-state index in [0.717, 1.165) is 36.3 Å². The van der Waals surface area contributed by atoms with Gasteiger partial charge in [0.1, 0.15) is 30.9 Å². The van der Waals surface area contributed by atoms with Crippen molar-refractivity contribution < 1.29 is 23.4 Å². The molecule has 3 saturated heterocycles. The van der Waals surface area contributed by atoms with Gasteiger partial charge in [-0.05, 0) is 30.9 Å². The molecule has 0 aromatic heterocycles. The number of fused-ring (bicyclic) bond motifs is 2. The number of ether oxygens (including phenoxy) is 3. The fourth-order valence-electron chi connectivity index (χ4n) is 4.88. The third kappa shape index (κ3) is 5.14. The largest absolute Gasteiger partial charge is 0.490 e. The molecule has 3 fully saturated rings. The van der Waals surface area contributed by atoms with Gasteiger partial charge in [0, 0.05) is 35.2 Å². The van der Waals surface area contributed by atoms with Crippen LogP contribution >= 0.6 is 11.8 Å². The normalized spacial score (nSPS) is 25.7. The van der Waals surface area contributed by atoms with Crippen LogP contribution in [-0.2, 0) is 27.3 Å². The van der Waals surface area contributed by atoms with E-state index < -0.39 is 5.97 Å². The van der Waals surface area contributed by atoms with Crippen LogP contribution in [0.4, 0.5) is 10.1 Å². The van der Waals surface area contributed by atoms with Crippen molar-refractivity contribution >= 4 is 23.4 Å². The molecule has 2 aromatic carbocycles. The summed E-state index contributed by atoms with van der Waals surface area (Å²) in [6.07, 6.45) is 3.37. The number of esters is 1. The van der Waals surface area contributed by atoms with Gasteiger partial charge in [-0.3, -0.25) is 4.79 Å². The second kappa shape index (κ2) is 9.94. The second-order valence-corrected chi connectivity index (χ2v) is 10.1. The van der Waals surface area contributed by atoms with Gasteiger partial charge in [-0.25, -0.2) is 4.39 Å². The van der Waals surface area contributed by atoms with Crippen molar-refractivity contribution in [3.8, 4) is 5.75 Å². The fourth-order valence-corrected chi connectivity index (χ4v) is 6.21. The first-order chi connectivity index (χ1) is 16.1. The Hall–Kier alpha value is -2.25. The molecular weight excluding hydrogens is 441 g/mol. The maximum Gasteiger partial charge on any atom is 0.310 e. The van der Waals surface area contributed by atoms with Gasteiger partial charge in [0.15, 0.2) is 0 Å². The number of epoxide rings is 1. The molecule has 0 N–H and O–H groups in total. The van der Waals surface area contributed by atoms with Gasteiger partial charge < -0.3 is 19.1 Å². The van der Waals surface area contributed by atoms with Gasteiger partial charge in [0.05, 0.1) is 18.2 Å². The highest BCUT2D eigenvalue weighted by Crippen LogP contribution is 2.41. The molecule has 0 amide bonds. The predicted molar refractivity (Wildman–Crippen MR) is 127 cm³/mol. The van der Waals surface area contributed by atoms with Crippen LogP contribution < -0.4 is 9.64 Å². The lowest BCUT2D eigenvalue weighted by Gasteiger charge is -2.37. The van der Waals surface area contributed by atoms with E-state index in [9.17, 15) is 4.79 Å². The number of hydrogen-bond acceptors (Lipinski definition) is 6. The third-order valence-corrected chi connectivity index (χ3v) is 7.96. The number of rotatable bonds is 9. The van der Waals surface area contributed by atoms with E-state index in [0.29, 0.717) is 35.7 Å². The highest BCUT2D eigenvalue weighted by molar-refractivity contribution is 7.99. The van der Waals surface area contributed by atoms with Gasteiger partial charge in [-0.2, -0.15) is 11.8 Å². The van der Waals surface area contributed by atoms with Crippen LogP contribution in [0, 0.1) is 5.82 Å². The van der Waals surface area contributed by atoms with E-state index in [1.165, 1.54) is 6.07 Å². The molecule has 7 heteroatoms. The van der Waals surface area contributed by atoms with Gasteiger partial charge in [-0.15, -0.1) is 0 Å². The lowest BCUT2D eigenvalue weighted by molar-refractivity contribution is -0.144. The first-order valence-electron chi connectivity index (χ1n) is 11.8. The summed E-state index contributed by atoms with van der Waals surface area (Å²) in [6, 6.07) is 13.5. The minimum absolute atomic E-state index is 0.0369. The van der Waals surface area contributed by atoms with Crippen LogP contribution in [0.25, 0.3) is 0 Å². The molecule has 0 spiro atoms. The Morgan fingerprint density at radius 3 is 2.61 bits per heavy atom. The average Bonchev–Trinajstić information content (AvgIpc) is 3.55. The number of anilines is 1. The van der Waals surface area contributed by atoms with E-state index in [-0.39, 0.29) is 31.1 Å². The number of benzene rings is 2. The van der Waals surface area contributed by atoms with Crippen LogP contribution in [0.1, 0.15) is 37.3 Å². The number of carbonyl (C=O) groups is 1. The Balaban J connectivity index is 1.33. The van der Waals surface area contributed by atoms with Crippen molar-refractivity contribution in [2.75, 3.05) is 23.0 Å². The number of halogens is 1. The fraction of sp³-hybridized carbons (Fsp3) is 0.500. The van der Waals surface area contributed by atoms with E-state index in [4.69, 9.17) is 14.2 Å². The average molecular weight is 472 g/mol. The molecule has 176 valence electrons. The van der Waals surface area contributed by atoms with Gasteiger partial charge in [-0.1, -0.05) is 37.3 Å². The minimum Gasteiger partial charge on any atom is -0.490 e. The molecule has 2 bridgehead atoms. The zero-order valence-corrected chi connectivity index (χ0v) is 19.7. The predicted octanol–water partition coefficient (Wildman–Crippen LogP) is 4.75. The Labute approximate surface area is 198 Å². The molecule has 3 heterocycles. The first-order valence-corrected chi connectivity index (χ1v) is 12.9. The molecule has 4 atom stereocenters. The second-order valence-electron chi connectivity index (χ2n) is 9.00. The number of nitrogens with zero attached hydrogens (tertiary/aromatic N) is 1. The van der Waals surface area contributed by atoms with E-state index in [2.05, 4.69) is 11.8 Å². The molecule has 5 rings (SSSR count). The SMILES string of the molecule is CC[C@@H]1O[C@@H]1COc1cc(N2C3CCC2CSC3)c(F)cc1CC(=O)OCc1ccccc1. The molecule has 3 aliphatic rings. The van der Waals surface area contributed by atoms with Crippen molar-refractivity contribution in [3.63, 3.8) is 0 Å². The summed E-state index contributed by atoms with van der Waals surface area (Å²) in [6.45, 7) is 2.68. The summed E-state index contributed by atoms with van der Waals surface area (Å²) in [5.41, 5.74) is 2.02. The zero-order chi connectivity index (χ0) is 22.8. The van der Waals surface area contributed by atoms with Gasteiger partial charge in [0.25, 0.3) is 0 Å². The number of hydrogen-bond donors (Lipinski definition) is 0. The molecule has 0 saturated carbocycles. The Kier molecular flexibility index (Phi) is 6.79. The van der Waals surface area contributed by atoms with Crippen LogP contribution in [0.15, 0.2) is 42.5 Å². The Morgan fingerprint density at radius 1 is 1.15 bits per heavy atom. The summed E-state index contributed by atoms with van der Waals surface area (Å²) in [7, 11) is 0. The standard InChI is InChI=1S/C26H30FNO4S/c1-2-23-25(32-23)14-30-24-12-22(28-19-8-9-20(28)16-33-15-19)21(27)10-18(24)11-26(29)31-13-17-6-4-3-5-7-17/h3-7,10,12,19-20,23,25H,2,8-9,11,13-16H2,1H3/t19?,20?,23-,25+/m0/s1. The third-order valence-electron chi connectivity index (χ3n) is 6.72. The first kappa shape index (κ1) is 22.5. The molecular formula is C26H30FNO4S. The minimum atomic E-state index is -0.403. The van der Waals surface area contributed by atoms with Crippen molar-refractivity contribution in [3.05, 3.63) is 59.4 Å². The van der Waals surface area contributed by atoms with Crippen molar-refractivity contribution in [1.29, 1.82) is 0 Å². The van der Waals surface area contributed by atoms with Gasteiger partial charge in [0.2, 0.25) is 0 Å². The highest BCUT2D eigenvalue weighted by Gasteiger charge is 2.40. The van der Waals surface area contributed by atoms with Crippen molar-refractivity contribution in [2.24, 2.45) is 0 Å². The van der Waals surface area contributed by atoms with Crippen LogP contribution in [0.3, 0.4) is 0 Å². The Bertz CT molecular complexity index is 972.